The largest absolute Gasteiger partial charge is 0.507 e. The Hall–Kier alpha value is -1.22. The molecule has 0 amide bonds. The van der Waals surface area contributed by atoms with Gasteiger partial charge in [0.25, 0.3) is 0 Å². The quantitative estimate of drug-likeness (QED) is 0.468. The lowest BCUT2D eigenvalue weighted by atomic mass is 10.0. The van der Waals surface area contributed by atoms with Crippen LogP contribution in [-0.2, 0) is 6.42 Å². The number of ether oxygens (including phenoxy) is 1. The molecule has 1 rings (SSSR count). The molecule has 0 saturated carbocycles. The Kier molecular flexibility index (Phi) is 5.99. The SMILES string of the molecule is CCCc1c(OCCCCl)ccc(C(C)=O)c1O. The molecule has 0 unspecified atom stereocenters. The second-order valence-corrected chi connectivity index (χ2v) is 4.51. The Morgan fingerprint density at radius 1 is 1.44 bits per heavy atom. The highest BCUT2D eigenvalue weighted by Gasteiger charge is 2.15. The third-order valence-electron chi connectivity index (χ3n) is 2.65. The van der Waals surface area contributed by atoms with Crippen molar-refractivity contribution in [3.8, 4) is 11.5 Å². The van der Waals surface area contributed by atoms with E-state index in [1.165, 1.54) is 6.92 Å². The number of Topliss-reactive ketones (excluding diaryl/α,β-unsaturated/α-hetero) is 1. The van der Waals surface area contributed by atoms with Gasteiger partial charge in [-0.1, -0.05) is 13.3 Å². The van der Waals surface area contributed by atoms with E-state index >= 15 is 0 Å². The molecule has 0 aliphatic heterocycles. The first-order valence-corrected chi connectivity index (χ1v) is 6.69. The van der Waals surface area contributed by atoms with E-state index in [-0.39, 0.29) is 11.5 Å². The lowest BCUT2D eigenvalue weighted by Crippen LogP contribution is -2.03. The van der Waals surface area contributed by atoms with Gasteiger partial charge in [-0.05, 0) is 31.9 Å². The number of ketones is 1. The normalized spacial score (nSPS) is 10.4. The molecule has 0 radical (unpaired) electrons. The van der Waals surface area contributed by atoms with E-state index in [2.05, 4.69) is 0 Å². The minimum absolute atomic E-state index is 0.0488. The van der Waals surface area contributed by atoms with Gasteiger partial charge in [0.05, 0.1) is 12.2 Å². The molecule has 0 fully saturated rings. The van der Waals surface area contributed by atoms with Crippen molar-refractivity contribution in [2.75, 3.05) is 12.5 Å². The van der Waals surface area contributed by atoms with Crippen LogP contribution in [0.1, 0.15) is 42.6 Å². The van der Waals surface area contributed by atoms with Gasteiger partial charge in [-0.25, -0.2) is 0 Å². The molecule has 0 bridgehead atoms. The van der Waals surface area contributed by atoms with Crippen LogP contribution in [0.3, 0.4) is 0 Å². The van der Waals surface area contributed by atoms with Gasteiger partial charge in [0, 0.05) is 11.4 Å². The fraction of sp³-hybridized carbons (Fsp3) is 0.500. The summed E-state index contributed by atoms with van der Waals surface area (Å²) >= 11 is 5.59. The molecule has 1 aromatic rings. The second-order valence-electron chi connectivity index (χ2n) is 4.14. The van der Waals surface area contributed by atoms with Crippen LogP contribution >= 0.6 is 11.6 Å². The van der Waals surface area contributed by atoms with Crippen LogP contribution in [0.25, 0.3) is 0 Å². The van der Waals surface area contributed by atoms with Crippen LogP contribution in [0.4, 0.5) is 0 Å². The van der Waals surface area contributed by atoms with Crippen molar-refractivity contribution in [3.05, 3.63) is 23.3 Å². The highest BCUT2D eigenvalue weighted by Crippen LogP contribution is 2.33. The van der Waals surface area contributed by atoms with Crippen LogP contribution in [0.2, 0.25) is 0 Å². The summed E-state index contributed by atoms with van der Waals surface area (Å²) in [4.78, 5) is 11.4. The number of carbonyl (C=O) groups excluding carboxylic acids is 1. The first-order chi connectivity index (χ1) is 8.61. The number of carbonyl (C=O) groups is 1. The lowest BCUT2D eigenvalue weighted by molar-refractivity contribution is 0.101. The molecule has 0 aliphatic carbocycles. The molecule has 100 valence electrons. The van der Waals surface area contributed by atoms with E-state index in [9.17, 15) is 9.90 Å². The van der Waals surface area contributed by atoms with Gasteiger partial charge in [0.15, 0.2) is 5.78 Å². The molecule has 18 heavy (non-hydrogen) atoms. The first-order valence-electron chi connectivity index (χ1n) is 6.16. The first kappa shape index (κ1) is 14.8. The number of hydrogen-bond donors (Lipinski definition) is 1. The maximum atomic E-state index is 11.4. The minimum Gasteiger partial charge on any atom is -0.507 e. The molecule has 3 nitrogen and oxygen atoms in total. The number of halogens is 1. The Balaban J connectivity index is 3.02. The van der Waals surface area contributed by atoms with Gasteiger partial charge in [-0.3, -0.25) is 4.79 Å². The van der Waals surface area contributed by atoms with Crippen molar-refractivity contribution in [1.29, 1.82) is 0 Å². The number of rotatable bonds is 7. The van der Waals surface area contributed by atoms with Gasteiger partial charge in [0.1, 0.15) is 11.5 Å². The zero-order chi connectivity index (χ0) is 13.5. The van der Waals surface area contributed by atoms with Gasteiger partial charge in [-0.2, -0.15) is 0 Å². The van der Waals surface area contributed by atoms with Crippen LogP contribution in [0.5, 0.6) is 11.5 Å². The molecule has 0 heterocycles. The Morgan fingerprint density at radius 2 is 2.17 bits per heavy atom. The third-order valence-corrected chi connectivity index (χ3v) is 2.92. The Labute approximate surface area is 113 Å². The Bertz CT molecular complexity index is 416. The highest BCUT2D eigenvalue weighted by atomic mass is 35.5. The number of benzene rings is 1. The molecule has 0 aromatic heterocycles. The molecule has 0 saturated heterocycles. The van der Waals surface area contributed by atoms with Gasteiger partial charge in [-0.15, -0.1) is 11.6 Å². The zero-order valence-corrected chi connectivity index (χ0v) is 11.6. The fourth-order valence-electron chi connectivity index (χ4n) is 1.77. The van der Waals surface area contributed by atoms with Gasteiger partial charge >= 0.3 is 0 Å². The molecule has 0 atom stereocenters. The maximum Gasteiger partial charge on any atom is 0.163 e. The molecular weight excluding hydrogens is 252 g/mol. The number of hydrogen-bond acceptors (Lipinski definition) is 3. The molecule has 0 aliphatic rings. The van der Waals surface area contributed by atoms with Crippen molar-refractivity contribution in [1.82, 2.24) is 0 Å². The van der Waals surface area contributed by atoms with Crippen molar-refractivity contribution in [2.45, 2.75) is 33.1 Å². The van der Waals surface area contributed by atoms with Crippen LogP contribution in [0, 0.1) is 0 Å². The monoisotopic (exact) mass is 270 g/mol. The molecular formula is C14H19ClO3. The van der Waals surface area contributed by atoms with Crippen molar-refractivity contribution >= 4 is 17.4 Å². The lowest BCUT2D eigenvalue weighted by Gasteiger charge is -2.14. The van der Waals surface area contributed by atoms with Crippen LogP contribution in [0.15, 0.2) is 12.1 Å². The summed E-state index contributed by atoms with van der Waals surface area (Å²) in [7, 11) is 0. The number of aromatic hydroxyl groups is 1. The number of alkyl halides is 1. The summed E-state index contributed by atoms with van der Waals surface area (Å²) in [5, 5.41) is 10.1. The van der Waals surface area contributed by atoms with E-state index < -0.39 is 0 Å². The van der Waals surface area contributed by atoms with E-state index in [1.807, 2.05) is 6.92 Å². The van der Waals surface area contributed by atoms with Crippen molar-refractivity contribution in [3.63, 3.8) is 0 Å². The topological polar surface area (TPSA) is 46.5 Å². The minimum atomic E-state index is -0.142. The predicted molar refractivity (Wildman–Crippen MR) is 72.9 cm³/mol. The standard InChI is InChI=1S/C14H19ClO3/c1-3-5-12-13(18-9-4-8-15)7-6-11(10(2)16)14(12)17/h6-7,17H,3-5,8-9H2,1-2H3. The third kappa shape index (κ3) is 3.64. The summed E-state index contributed by atoms with van der Waals surface area (Å²) in [5.41, 5.74) is 1.06. The van der Waals surface area contributed by atoms with Crippen molar-refractivity contribution in [2.24, 2.45) is 0 Å². The highest BCUT2D eigenvalue weighted by molar-refractivity contribution is 6.17. The summed E-state index contributed by atoms with van der Waals surface area (Å²) in [6.45, 7) is 3.97. The summed E-state index contributed by atoms with van der Waals surface area (Å²) in [6, 6.07) is 3.35. The van der Waals surface area contributed by atoms with E-state index in [4.69, 9.17) is 16.3 Å². The maximum absolute atomic E-state index is 11.4. The number of phenolic OH excluding ortho intramolecular Hbond substituents is 1. The molecule has 1 N–H and O–H groups in total. The summed E-state index contributed by atoms with van der Waals surface area (Å²) in [6.07, 6.45) is 2.31. The Morgan fingerprint density at radius 3 is 2.72 bits per heavy atom. The summed E-state index contributed by atoms with van der Waals surface area (Å²) in [5.74, 6) is 1.09. The smallest absolute Gasteiger partial charge is 0.163 e. The number of phenols is 1. The zero-order valence-electron chi connectivity index (χ0n) is 10.8. The van der Waals surface area contributed by atoms with E-state index in [0.29, 0.717) is 35.8 Å². The second kappa shape index (κ2) is 7.27. The van der Waals surface area contributed by atoms with E-state index in [0.717, 1.165) is 12.8 Å². The van der Waals surface area contributed by atoms with Gasteiger partial charge < -0.3 is 9.84 Å². The predicted octanol–water partition coefficient (Wildman–Crippen LogP) is 3.56. The summed E-state index contributed by atoms with van der Waals surface area (Å²) < 4.78 is 5.59. The van der Waals surface area contributed by atoms with Crippen LogP contribution in [-0.4, -0.2) is 23.4 Å². The average molecular weight is 271 g/mol. The van der Waals surface area contributed by atoms with Crippen LogP contribution < -0.4 is 4.74 Å². The molecule has 1 aromatic carbocycles. The molecule has 0 spiro atoms. The van der Waals surface area contributed by atoms with E-state index in [1.54, 1.807) is 12.1 Å². The average Bonchev–Trinajstić information content (AvgIpc) is 2.33. The molecule has 4 heteroatoms. The fourth-order valence-corrected chi connectivity index (χ4v) is 1.87. The van der Waals surface area contributed by atoms with Gasteiger partial charge in [0.2, 0.25) is 0 Å². The van der Waals surface area contributed by atoms with Crippen molar-refractivity contribution < 1.29 is 14.6 Å².